The molecule has 0 aliphatic heterocycles. The van der Waals surface area contributed by atoms with E-state index >= 15 is 0 Å². The number of alkyl halides is 3. The van der Waals surface area contributed by atoms with Crippen molar-refractivity contribution in [3.05, 3.63) is 11.7 Å². The van der Waals surface area contributed by atoms with Crippen molar-refractivity contribution in [1.29, 1.82) is 0 Å². The van der Waals surface area contributed by atoms with E-state index in [1.165, 1.54) is 0 Å². The van der Waals surface area contributed by atoms with Gasteiger partial charge in [0.15, 0.2) is 5.82 Å². The minimum atomic E-state index is -4.32. The summed E-state index contributed by atoms with van der Waals surface area (Å²) in [6, 6.07) is -0.373. The van der Waals surface area contributed by atoms with Gasteiger partial charge in [-0.25, -0.2) is 0 Å². The summed E-state index contributed by atoms with van der Waals surface area (Å²) in [5.41, 5.74) is 5.79. The molecular formula is C10H16F3N3O2. The van der Waals surface area contributed by atoms with Crippen LogP contribution in [0, 0.1) is 5.92 Å². The SMILES string of the molecule is CC(C)[C@H](N)c1nc(CCOCC(F)(F)F)no1. The van der Waals surface area contributed by atoms with Gasteiger partial charge in [0.2, 0.25) is 5.89 Å². The molecule has 0 spiro atoms. The van der Waals surface area contributed by atoms with Gasteiger partial charge in [0, 0.05) is 6.42 Å². The third-order valence-corrected chi connectivity index (χ3v) is 2.22. The fourth-order valence-corrected chi connectivity index (χ4v) is 1.14. The monoisotopic (exact) mass is 267 g/mol. The van der Waals surface area contributed by atoms with Gasteiger partial charge in [-0.1, -0.05) is 19.0 Å². The standard InChI is InChI=1S/C10H16F3N3O2/c1-6(2)8(14)9-15-7(16-18-9)3-4-17-5-10(11,12)13/h6,8H,3-5,14H2,1-2H3/t8-/m0/s1. The average molecular weight is 267 g/mol. The molecule has 0 amide bonds. The summed E-state index contributed by atoms with van der Waals surface area (Å²) in [6.07, 6.45) is -4.16. The first kappa shape index (κ1) is 14.9. The Bertz CT molecular complexity index is 365. The van der Waals surface area contributed by atoms with Crippen LogP contribution in [0.15, 0.2) is 4.52 Å². The van der Waals surface area contributed by atoms with Gasteiger partial charge in [0.05, 0.1) is 12.6 Å². The Morgan fingerprint density at radius 2 is 2.06 bits per heavy atom. The van der Waals surface area contributed by atoms with E-state index in [9.17, 15) is 13.2 Å². The van der Waals surface area contributed by atoms with Crippen molar-refractivity contribution in [2.24, 2.45) is 11.7 Å². The van der Waals surface area contributed by atoms with Gasteiger partial charge in [-0.3, -0.25) is 0 Å². The number of hydrogen-bond acceptors (Lipinski definition) is 5. The van der Waals surface area contributed by atoms with E-state index in [2.05, 4.69) is 14.9 Å². The predicted octanol–water partition coefficient (Wildman–Crippen LogP) is 1.85. The molecule has 18 heavy (non-hydrogen) atoms. The maximum Gasteiger partial charge on any atom is 0.411 e. The van der Waals surface area contributed by atoms with Crippen LogP contribution in [0.3, 0.4) is 0 Å². The zero-order valence-corrected chi connectivity index (χ0v) is 10.2. The molecule has 0 saturated carbocycles. The van der Waals surface area contributed by atoms with Gasteiger partial charge in [-0.05, 0) is 5.92 Å². The van der Waals surface area contributed by atoms with Gasteiger partial charge in [0.1, 0.15) is 6.61 Å². The summed E-state index contributed by atoms with van der Waals surface area (Å²) in [5, 5.41) is 3.63. The second kappa shape index (κ2) is 6.14. The van der Waals surface area contributed by atoms with Crippen molar-refractivity contribution >= 4 is 0 Å². The summed E-state index contributed by atoms with van der Waals surface area (Å²) in [7, 11) is 0. The van der Waals surface area contributed by atoms with Crippen LogP contribution in [0.1, 0.15) is 31.6 Å². The van der Waals surface area contributed by atoms with Gasteiger partial charge in [-0.15, -0.1) is 0 Å². The van der Waals surface area contributed by atoms with E-state index < -0.39 is 12.8 Å². The number of nitrogens with two attached hydrogens (primary N) is 1. The Morgan fingerprint density at radius 3 is 2.61 bits per heavy atom. The first-order chi connectivity index (χ1) is 8.29. The fraction of sp³-hybridized carbons (Fsp3) is 0.800. The van der Waals surface area contributed by atoms with E-state index in [1.807, 2.05) is 13.8 Å². The number of nitrogens with zero attached hydrogens (tertiary/aromatic N) is 2. The topological polar surface area (TPSA) is 74.2 Å². The lowest BCUT2D eigenvalue weighted by molar-refractivity contribution is -0.173. The first-order valence-electron chi connectivity index (χ1n) is 5.52. The Labute approximate surface area is 102 Å². The molecule has 0 saturated heterocycles. The van der Waals surface area contributed by atoms with Gasteiger partial charge in [0.25, 0.3) is 0 Å². The molecule has 0 aromatic carbocycles. The number of hydrogen-bond donors (Lipinski definition) is 1. The largest absolute Gasteiger partial charge is 0.411 e. The Hall–Kier alpha value is -1.15. The van der Waals surface area contributed by atoms with Crippen LogP contribution in [-0.2, 0) is 11.2 Å². The number of rotatable bonds is 6. The van der Waals surface area contributed by atoms with Crippen LogP contribution < -0.4 is 5.73 Å². The maximum atomic E-state index is 11.8. The zero-order chi connectivity index (χ0) is 13.8. The minimum absolute atomic E-state index is 0.116. The first-order valence-corrected chi connectivity index (χ1v) is 5.52. The van der Waals surface area contributed by atoms with Crippen LogP contribution in [0.2, 0.25) is 0 Å². The molecule has 1 rings (SSSR count). The van der Waals surface area contributed by atoms with Crippen molar-refractivity contribution in [3.63, 3.8) is 0 Å². The van der Waals surface area contributed by atoms with Gasteiger partial charge < -0.3 is 15.0 Å². The lowest BCUT2D eigenvalue weighted by atomic mass is 10.1. The van der Waals surface area contributed by atoms with E-state index in [4.69, 9.17) is 10.3 Å². The second-order valence-corrected chi connectivity index (χ2v) is 4.24. The molecule has 2 N–H and O–H groups in total. The third kappa shape index (κ3) is 5.01. The molecule has 0 aliphatic rings. The van der Waals surface area contributed by atoms with E-state index in [-0.39, 0.29) is 30.9 Å². The zero-order valence-electron chi connectivity index (χ0n) is 10.2. The third-order valence-electron chi connectivity index (χ3n) is 2.22. The normalized spacial score (nSPS) is 14.2. The van der Waals surface area contributed by atoms with Crippen molar-refractivity contribution < 1.29 is 22.4 Å². The van der Waals surface area contributed by atoms with E-state index in [0.717, 1.165) is 0 Å². The highest BCUT2D eigenvalue weighted by molar-refractivity contribution is 4.93. The van der Waals surface area contributed by atoms with Crippen molar-refractivity contribution in [2.75, 3.05) is 13.2 Å². The summed E-state index contributed by atoms with van der Waals surface area (Å²) >= 11 is 0. The number of ether oxygens (including phenoxy) is 1. The van der Waals surface area contributed by atoms with Gasteiger partial charge >= 0.3 is 6.18 Å². The maximum absolute atomic E-state index is 11.8. The molecule has 0 unspecified atom stereocenters. The Morgan fingerprint density at radius 1 is 1.39 bits per heavy atom. The van der Waals surface area contributed by atoms with Crippen LogP contribution >= 0.6 is 0 Å². The van der Waals surface area contributed by atoms with E-state index in [0.29, 0.717) is 5.82 Å². The summed E-state index contributed by atoms with van der Waals surface area (Å²) in [4.78, 5) is 4.00. The van der Waals surface area contributed by atoms with Crippen molar-refractivity contribution in [3.8, 4) is 0 Å². The highest BCUT2D eigenvalue weighted by Gasteiger charge is 2.27. The lowest BCUT2D eigenvalue weighted by Gasteiger charge is -2.09. The smallest absolute Gasteiger partial charge is 0.372 e. The molecule has 0 fully saturated rings. The molecule has 1 heterocycles. The second-order valence-electron chi connectivity index (χ2n) is 4.24. The molecule has 1 aromatic rings. The molecule has 5 nitrogen and oxygen atoms in total. The lowest BCUT2D eigenvalue weighted by Crippen LogP contribution is -2.18. The number of halogens is 3. The van der Waals surface area contributed by atoms with Crippen LogP contribution in [0.4, 0.5) is 13.2 Å². The highest BCUT2D eigenvalue weighted by Crippen LogP contribution is 2.17. The highest BCUT2D eigenvalue weighted by atomic mass is 19.4. The molecular weight excluding hydrogens is 251 g/mol. The summed E-state index contributed by atoms with van der Waals surface area (Å²) < 4.78 is 44.7. The quantitative estimate of drug-likeness (QED) is 0.796. The van der Waals surface area contributed by atoms with Crippen LogP contribution in [0.5, 0.6) is 0 Å². The van der Waals surface area contributed by atoms with Gasteiger partial charge in [-0.2, -0.15) is 18.2 Å². The van der Waals surface area contributed by atoms with Crippen LogP contribution in [-0.4, -0.2) is 29.5 Å². The molecule has 1 atom stereocenters. The molecule has 1 aromatic heterocycles. The van der Waals surface area contributed by atoms with Crippen molar-refractivity contribution in [2.45, 2.75) is 32.5 Å². The molecule has 0 bridgehead atoms. The summed E-state index contributed by atoms with van der Waals surface area (Å²) in [6.45, 7) is 2.42. The predicted molar refractivity (Wildman–Crippen MR) is 56.6 cm³/mol. The fourth-order valence-electron chi connectivity index (χ4n) is 1.14. The molecule has 104 valence electrons. The average Bonchev–Trinajstić information content (AvgIpc) is 2.70. The number of aromatic nitrogens is 2. The van der Waals surface area contributed by atoms with E-state index in [1.54, 1.807) is 0 Å². The van der Waals surface area contributed by atoms with Crippen molar-refractivity contribution in [1.82, 2.24) is 10.1 Å². The van der Waals surface area contributed by atoms with Crippen LogP contribution in [0.25, 0.3) is 0 Å². The molecule has 0 aliphatic carbocycles. The Kier molecular flexibility index (Phi) is 5.09. The molecule has 8 heteroatoms. The Balaban J connectivity index is 2.36. The minimum Gasteiger partial charge on any atom is -0.372 e. The molecule has 0 radical (unpaired) electrons. The summed E-state index contributed by atoms with van der Waals surface area (Å²) in [5.74, 6) is 0.721.